The van der Waals surface area contributed by atoms with E-state index in [9.17, 15) is 13.2 Å². The van der Waals surface area contributed by atoms with E-state index < -0.39 is 10.0 Å². The molecule has 0 unspecified atom stereocenters. The molecular weight excluding hydrogens is 404 g/mol. The number of rotatable bonds is 6. The van der Waals surface area contributed by atoms with Crippen molar-refractivity contribution in [3.63, 3.8) is 0 Å². The van der Waals surface area contributed by atoms with Crippen LogP contribution in [0.25, 0.3) is 5.65 Å². The molecular formula is C20H18N6O3S. The Morgan fingerprint density at radius 3 is 2.43 bits per heavy atom. The molecule has 0 aliphatic carbocycles. The smallest absolute Gasteiger partial charge is 0.261 e. The Bertz CT molecular complexity index is 1300. The molecule has 0 bridgehead atoms. The van der Waals surface area contributed by atoms with Crippen LogP contribution in [0.4, 0.5) is 5.69 Å². The molecule has 152 valence electrons. The van der Waals surface area contributed by atoms with Crippen molar-refractivity contribution in [3.8, 4) is 0 Å². The summed E-state index contributed by atoms with van der Waals surface area (Å²) in [6.07, 6.45) is 0. The van der Waals surface area contributed by atoms with Gasteiger partial charge < -0.3 is 5.32 Å². The largest absolute Gasteiger partial charge is 0.345 e. The summed E-state index contributed by atoms with van der Waals surface area (Å²) in [5, 5.41) is 15.1. The van der Waals surface area contributed by atoms with Crippen LogP contribution in [0.15, 0.2) is 71.6 Å². The monoisotopic (exact) mass is 422 g/mol. The molecule has 0 saturated carbocycles. The van der Waals surface area contributed by atoms with Crippen molar-refractivity contribution in [1.29, 1.82) is 0 Å². The fourth-order valence-electron chi connectivity index (χ4n) is 2.80. The summed E-state index contributed by atoms with van der Waals surface area (Å²) < 4.78 is 29.0. The summed E-state index contributed by atoms with van der Waals surface area (Å²) in [5.74, 6) is 0.132. The van der Waals surface area contributed by atoms with E-state index in [1.54, 1.807) is 40.9 Å². The molecule has 1 amide bonds. The zero-order valence-electron chi connectivity index (χ0n) is 16.0. The summed E-state index contributed by atoms with van der Waals surface area (Å²) in [7, 11) is -3.74. The van der Waals surface area contributed by atoms with Crippen molar-refractivity contribution in [1.82, 2.24) is 25.1 Å². The third-order valence-electron chi connectivity index (χ3n) is 4.32. The molecule has 4 aromatic rings. The minimum absolute atomic E-state index is 0.0611. The normalized spacial score (nSPS) is 11.4. The fraction of sp³-hybridized carbons (Fsp3) is 0.100. The number of nitrogens with zero attached hydrogens (tertiary/aromatic N) is 4. The predicted molar refractivity (Wildman–Crippen MR) is 110 cm³/mol. The van der Waals surface area contributed by atoms with E-state index in [-0.39, 0.29) is 17.3 Å². The van der Waals surface area contributed by atoms with Crippen molar-refractivity contribution in [2.24, 2.45) is 0 Å². The van der Waals surface area contributed by atoms with Crippen LogP contribution in [-0.4, -0.2) is 34.1 Å². The van der Waals surface area contributed by atoms with Gasteiger partial charge in [-0.05, 0) is 55.5 Å². The first kappa shape index (κ1) is 19.5. The summed E-state index contributed by atoms with van der Waals surface area (Å²) in [5.41, 5.74) is 2.18. The van der Waals surface area contributed by atoms with E-state index in [0.717, 1.165) is 5.69 Å². The van der Waals surface area contributed by atoms with Gasteiger partial charge in [-0.1, -0.05) is 18.2 Å². The molecule has 0 atom stereocenters. The maximum atomic E-state index is 12.5. The molecule has 2 N–H and O–H groups in total. The average molecular weight is 422 g/mol. The first-order chi connectivity index (χ1) is 14.4. The van der Waals surface area contributed by atoms with Crippen molar-refractivity contribution >= 4 is 27.3 Å². The maximum absolute atomic E-state index is 12.5. The van der Waals surface area contributed by atoms with Crippen LogP contribution in [-0.2, 0) is 16.6 Å². The lowest BCUT2D eigenvalue weighted by molar-refractivity contribution is 0.0949. The maximum Gasteiger partial charge on any atom is 0.261 e. The summed E-state index contributed by atoms with van der Waals surface area (Å²) in [6, 6.07) is 17.9. The molecule has 0 saturated heterocycles. The van der Waals surface area contributed by atoms with E-state index in [4.69, 9.17) is 0 Å². The van der Waals surface area contributed by atoms with Gasteiger partial charge in [-0.2, -0.15) is 9.61 Å². The topological polar surface area (TPSA) is 118 Å². The van der Waals surface area contributed by atoms with E-state index in [0.29, 0.717) is 22.7 Å². The number of fused-ring (bicyclic) bond motifs is 1. The van der Waals surface area contributed by atoms with Gasteiger partial charge in [0.05, 0.1) is 17.1 Å². The van der Waals surface area contributed by atoms with Gasteiger partial charge in [-0.15, -0.1) is 10.2 Å². The van der Waals surface area contributed by atoms with E-state index in [2.05, 4.69) is 25.3 Å². The Morgan fingerprint density at radius 2 is 1.70 bits per heavy atom. The Kier molecular flexibility index (Phi) is 5.15. The lowest BCUT2D eigenvalue weighted by Crippen LogP contribution is -2.24. The number of benzene rings is 2. The van der Waals surface area contributed by atoms with Gasteiger partial charge in [0, 0.05) is 11.3 Å². The van der Waals surface area contributed by atoms with Crippen LogP contribution in [0.5, 0.6) is 0 Å². The summed E-state index contributed by atoms with van der Waals surface area (Å²) in [6.45, 7) is 1.98. The van der Waals surface area contributed by atoms with E-state index in [1.165, 1.54) is 24.3 Å². The first-order valence-corrected chi connectivity index (χ1v) is 10.5. The Morgan fingerprint density at radius 1 is 0.967 bits per heavy atom. The second-order valence-corrected chi connectivity index (χ2v) is 8.22. The summed E-state index contributed by atoms with van der Waals surface area (Å²) in [4.78, 5) is 12.5. The molecule has 2 aromatic heterocycles. The molecule has 0 spiro atoms. The number of anilines is 1. The number of para-hydroxylation sites is 1. The number of aromatic nitrogens is 4. The van der Waals surface area contributed by atoms with Crippen LogP contribution < -0.4 is 10.0 Å². The predicted octanol–water partition coefficient (Wildman–Crippen LogP) is 2.16. The number of aryl methyl sites for hydroxylation is 1. The molecule has 4 rings (SSSR count). The van der Waals surface area contributed by atoms with Crippen molar-refractivity contribution in [3.05, 3.63) is 83.8 Å². The number of nitrogens with one attached hydrogen (secondary N) is 2. The molecule has 0 radical (unpaired) electrons. The molecule has 2 heterocycles. The van der Waals surface area contributed by atoms with Crippen molar-refractivity contribution < 1.29 is 13.2 Å². The Labute approximate surface area is 172 Å². The van der Waals surface area contributed by atoms with Crippen LogP contribution in [0, 0.1) is 6.92 Å². The fourth-order valence-corrected chi connectivity index (χ4v) is 3.86. The van der Waals surface area contributed by atoms with Gasteiger partial charge >= 0.3 is 0 Å². The summed E-state index contributed by atoms with van der Waals surface area (Å²) >= 11 is 0. The van der Waals surface area contributed by atoms with Gasteiger partial charge in [0.2, 0.25) is 0 Å². The third kappa shape index (κ3) is 4.13. The zero-order valence-corrected chi connectivity index (χ0v) is 16.8. The number of hydrogen-bond acceptors (Lipinski definition) is 6. The molecule has 0 fully saturated rings. The van der Waals surface area contributed by atoms with Gasteiger partial charge in [-0.25, -0.2) is 8.42 Å². The van der Waals surface area contributed by atoms with Gasteiger partial charge in [0.15, 0.2) is 11.5 Å². The Hall–Kier alpha value is -3.79. The number of sulfonamides is 1. The van der Waals surface area contributed by atoms with Crippen molar-refractivity contribution in [2.75, 3.05) is 4.72 Å². The second kappa shape index (κ2) is 7.91. The van der Waals surface area contributed by atoms with Crippen LogP contribution in [0.3, 0.4) is 0 Å². The molecule has 30 heavy (non-hydrogen) atoms. The number of carbonyl (C=O) groups excluding carboxylic acids is 1. The Balaban J connectivity index is 1.44. The highest BCUT2D eigenvalue weighted by Gasteiger charge is 2.16. The number of amides is 1. The highest BCUT2D eigenvalue weighted by molar-refractivity contribution is 7.92. The van der Waals surface area contributed by atoms with Gasteiger partial charge in [0.25, 0.3) is 15.9 Å². The first-order valence-electron chi connectivity index (χ1n) is 9.06. The van der Waals surface area contributed by atoms with Crippen LogP contribution >= 0.6 is 0 Å². The average Bonchev–Trinajstić information content (AvgIpc) is 3.14. The SMILES string of the molecule is Cc1ccc2nnc(CNC(=O)c3ccc(S(=O)(=O)Nc4ccccc4)cc3)n2n1. The molecule has 2 aromatic carbocycles. The van der Waals surface area contributed by atoms with Crippen LogP contribution in [0.2, 0.25) is 0 Å². The molecule has 10 heteroatoms. The van der Waals surface area contributed by atoms with E-state index in [1.807, 2.05) is 13.0 Å². The minimum atomic E-state index is -3.74. The van der Waals surface area contributed by atoms with Crippen molar-refractivity contribution in [2.45, 2.75) is 18.4 Å². The highest BCUT2D eigenvalue weighted by Crippen LogP contribution is 2.16. The minimum Gasteiger partial charge on any atom is -0.345 e. The third-order valence-corrected chi connectivity index (χ3v) is 5.72. The van der Waals surface area contributed by atoms with E-state index >= 15 is 0 Å². The molecule has 0 aliphatic rings. The lowest BCUT2D eigenvalue weighted by Gasteiger charge is -2.09. The standard InChI is InChI=1S/C20H18N6O3S/c1-14-7-12-18-22-23-19(26(18)24-14)13-21-20(27)15-8-10-17(11-9-15)30(28,29)25-16-5-3-2-4-6-16/h2-12,25H,13H2,1H3,(H,21,27). The highest BCUT2D eigenvalue weighted by atomic mass is 32.2. The van der Waals surface area contributed by atoms with Gasteiger partial charge in [-0.3, -0.25) is 9.52 Å². The zero-order chi connectivity index (χ0) is 21.1. The quantitative estimate of drug-likeness (QED) is 0.492. The number of carbonyl (C=O) groups is 1. The molecule has 9 nitrogen and oxygen atoms in total. The lowest BCUT2D eigenvalue weighted by atomic mass is 10.2. The van der Waals surface area contributed by atoms with Gasteiger partial charge in [0.1, 0.15) is 0 Å². The van der Waals surface area contributed by atoms with Crippen LogP contribution in [0.1, 0.15) is 21.9 Å². The molecule has 0 aliphatic heterocycles. The second-order valence-electron chi connectivity index (χ2n) is 6.54. The number of hydrogen-bond donors (Lipinski definition) is 2.